The maximum atomic E-state index is 12.4. The molecule has 0 aliphatic rings. The van der Waals surface area contributed by atoms with Crippen molar-refractivity contribution in [3.05, 3.63) is 47.5 Å². The third-order valence-electron chi connectivity index (χ3n) is 4.59. The first-order valence-electron chi connectivity index (χ1n) is 9.94. The number of nitrogens with zero attached hydrogens (tertiary/aromatic N) is 2. The van der Waals surface area contributed by atoms with Gasteiger partial charge in [0.2, 0.25) is 0 Å². The number of ether oxygens (including phenoxy) is 4. The Kier molecular flexibility index (Phi) is 10.4. The Morgan fingerprint density at radius 2 is 1.09 bits per heavy atom. The van der Waals surface area contributed by atoms with Crippen molar-refractivity contribution < 1.29 is 28.5 Å². The van der Waals surface area contributed by atoms with Crippen LogP contribution in [0.3, 0.4) is 0 Å². The molecule has 2 rings (SSSR count). The molecular weight excluding hydrogens is 512 g/mol. The number of nitrogens with one attached hydrogen (secondary N) is 2. The van der Waals surface area contributed by atoms with E-state index in [0.717, 1.165) is 0 Å². The van der Waals surface area contributed by atoms with Crippen LogP contribution in [0.4, 0.5) is 9.59 Å². The molecule has 2 N–H and O–H groups in total. The van der Waals surface area contributed by atoms with E-state index < -0.39 is 10.5 Å². The van der Waals surface area contributed by atoms with Crippen molar-refractivity contribution in [3.8, 4) is 23.0 Å². The lowest BCUT2D eigenvalue weighted by Crippen LogP contribution is -2.44. The largest absolute Gasteiger partial charge is 0.497 e. The van der Waals surface area contributed by atoms with Crippen molar-refractivity contribution in [3.63, 3.8) is 0 Å². The summed E-state index contributed by atoms with van der Waals surface area (Å²) in [5, 5.41) is 1.30. The lowest BCUT2D eigenvalue weighted by molar-refractivity contribution is 0.242. The molecule has 0 aliphatic heterocycles. The summed E-state index contributed by atoms with van der Waals surface area (Å²) in [6.07, 6.45) is 0. The molecule has 0 fully saturated rings. The Labute approximate surface area is 218 Å². The van der Waals surface area contributed by atoms with Crippen molar-refractivity contribution in [1.29, 1.82) is 0 Å². The smallest absolute Gasteiger partial charge is 0.307 e. The van der Waals surface area contributed by atoms with Crippen molar-refractivity contribution in [2.24, 2.45) is 0 Å². The molecule has 0 saturated heterocycles. The summed E-state index contributed by atoms with van der Waals surface area (Å²) in [5.74, 6) is 2.16. The van der Waals surface area contributed by atoms with Gasteiger partial charge in [-0.15, -0.1) is 0 Å². The van der Waals surface area contributed by atoms with Crippen molar-refractivity contribution in [2.75, 3.05) is 42.5 Å². The predicted molar refractivity (Wildman–Crippen MR) is 143 cm³/mol. The van der Waals surface area contributed by atoms with Crippen LogP contribution < -0.4 is 29.8 Å². The summed E-state index contributed by atoms with van der Waals surface area (Å²) in [4.78, 5) is 25.4. The van der Waals surface area contributed by atoms with Gasteiger partial charge >= 0.3 is 10.5 Å². The van der Waals surface area contributed by atoms with Crippen LogP contribution in [0.5, 0.6) is 23.0 Å². The Hall–Kier alpha value is -3.29. The van der Waals surface area contributed by atoms with E-state index in [1.54, 1.807) is 50.5 Å². The molecule has 0 aliphatic carbocycles. The van der Waals surface area contributed by atoms with Gasteiger partial charge in [0.15, 0.2) is 0 Å². The highest BCUT2D eigenvalue weighted by molar-refractivity contribution is 8.26. The number of hydrazine groups is 2. The summed E-state index contributed by atoms with van der Waals surface area (Å²) in [5.41, 5.74) is 6.15. The third-order valence-corrected chi connectivity index (χ3v) is 6.13. The number of carbonyl (C=O) groups is 2. The first-order chi connectivity index (χ1) is 16.6. The number of hydrogen-bond acceptors (Lipinski definition) is 9. The van der Waals surface area contributed by atoms with E-state index in [0.29, 0.717) is 45.9 Å². The van der Waals surface area contributed by atoms with Gasteiger partial charge in [-0.05, 0) is 36.4 Å². The predicted octanol–water partition coefficient (Wildman–Crippen LogP) is 3.62. The van der Waals surface area contributed by atoms with E-state index in [1.165, 1.54) is 38.5 Å². The molecular formula is C22H26N4O6S3. The van der Waals surface area contributed by atoms with Crippen LogP contribution in [0.1, 0.15) is 11.1 Å². The molecule has 0 saturated carbocycles. The second-order valence-corrected chi connectivity index (χ2v) is 8.48. The van der Waals surface area contributed by atoms with E-state index in [2.05, 4.69) is 10.9 Å². The number of rotatable bonds is 6. The highest BCUT2D eigenvalue weighted by atomic mass is 32.2. The number of carbonyl (C=O) groups excluding carboxylic acids is 2. The fraction of sp³-hybridized carbons (Fsp3) is 0.273. The quantitative estimate of drug-likeness (QED) is 0.417. The van der Waals surface area contributed by atoms with Gasteiger partial charge in [0.25, 0.3) is 0 Å². The van der Waals surface area contributed by atoms with E-state index >= 15 is 0 Å². The second-order valence-electron chi connectivity index (χ2n) is 6.76. The van der Waals surface area contributed by atoms with E-state index in [-0.39, 0.29) is 9.98 Å². The molecule has 0 aromatic heterocycles. The molecule has 0 unspecified atom stereocenters. The number of thioether (sulfide) groups is 1. The number of benzene rings is 2. The van der Waals surface area contributed by atoms with Crippen LogP contribution >= 0.6 is 36.2 Å². The number of methoxy groups -OCH3 is 4. The highest BCUT2D eigenvalue weighted by Gasteiger charge is 2.20. The number of amides is 2. The molecule has 10 nitrogen and oxygen atoms in total. The molecule has 2 aromatic rings. The zero-order valence-electron chi connectivity index (χ0n) is 20.0. The molecule has 35 heavy (non-hydrogen) atoms. The monoisotopic (exact) mass is 538 g/mol. The first-order valence-corrected chi connectivity index (χ1v) is 11.6. The molecule has 2 aromatic carbocycles. The first kappa shape index (κ1) is 28.0. The average Bonchev–Trinajstić information content (AvgIpc) is 2.86. The zero-order chi connectivity index (χ0) is 26.1. The molecule has 2 amide bonds. The van der Waals surface area contributed by atoms with Crippen LogP contribution in [0.15, 0.2) is 36.4 Å². The molecule has 13 heteroatoms. The van der Waals surface area contributed by atoms with E-state index in [1.807, 2.05) is 0 Å². The Morgan fingerprint density at radius 1 is 0.714 bits per heavy atom. The molecule has 188 valence electrons. The van der Waals surface area contributed by atoms with Gasteiger partial charge in [-0.2, -0.15) is 0 Å². The van der Waals surface area contributed by atoms with Crippen LogP contribution in [0.2, 0.25) is 0 Å². The summed E-state index contributed by atoms with van der Waals surface area (Å²) in [6.45, 7) is 0. The highest BCUT2D eigenvalue weighted by Crippen LogP contribution is 2.26. The van der Waals surface area contributed by atoms with Crippen LogP contribution in [0.25, 0.3) is 0 Å². The topological polar surface area (TPSA) is 102 Å². The molecule has 0 heterocycles. The van der Waals surface area contributed by atoms with Gasteiger partial charge in [0, 0.05) is 25.9 Å². The van der Waals surface area contributed by atoms with Crippen molar-refractivity contribution >= 4 is 56.7 Å². The normalized spacial score (nSPS) is 10.0. The molecule has 0 bridgehead atoms. The van der Waals surface area contributed by atoms with Crippen molar-refractivity contribution in [1.82, 2.24) is 20.9 Å². The second kappa shape index (κ2) is 13.0. The van der Waals surface area contributed by atoms with E-state index in [4.69, 9.17) is 43.4 Å². The van der Waals surface area contributed by atoms with Gasteiger partial charge in [-0.1, -0.05) is 24.4 Å². The molecule has 0 atom stereocenters. The SMILES string of the molecule is COc1ccc(OC)c(C(=S)N(C)NC(=O)SC(=O)NN(C)C(=S)c2cc(OC)ccc2OC)c1. The standard InChI is InChI=1S/C22H26N4O6S3/c1-25(19(33)15-11-13(29-3)7-9-17(15)31-5)23-21(27)35-22(28)24-26(2)20(34)16-12-14(30-4)8-10-18(16)32-6/h7-12H,1-6H3,(H,23,27)(H,24,28). The number of thiocarbonyl (C=S) groups is 2. The maximum absolute atomic E-state index is 12.4. The summed E-state index contributed by atoms with van der Waals surface area (Å²) < 4.78 is 21.1. The summed E-state index contributed by atoms with van der Waals surface area (Å²) in [7, 11) is 9.18. The van der Waals surface area contributed by atoms with Gasteiger partial charge in [0.1, 0.15) is 33.0 Å². The molecule has 0 spiro atoms. The third kappa shape index (κ3) is 7.34. The number of hydrogen-bond donors (Lipinski definition) is 2. The van der Waals surface area contributed by atoms with Gasteiger partial charge in [-0.3, -0.25) is 30.5 Å². The summed E-state index contributed by atoms with van der Waals surface area (Å²) >= 11 is 11.3. The van der Waals surface area contributed by atoms with Gasteiger partial charge in [-0.25, -0.2) is 0 Å². The lowest BCUT2D eigenvalue weighted by Gasteiger charge is -2.23. The lowest BCUT2D eigenvalue weighted by atomic mass is 10.2. The fourth-order valence-electron chi connectivity index (χ4n) is 2.83. The minimum absolute atomic E-state index is 0.263. The van der Waals surface area contributed by atoms with Crippen LogP contribution in [0, 0.1) is 0 Å². The van der Waals surface area contributed by atoms with Crippen LogP contribution in [-0.4, -0.2) is 73.0 Å². The Balaban J connectivity index is 2.00. The maximum Gasteiger partial charge on any atom is 0.307 e. The van der Waals surface area contributed by atoms with Gasteiger partial charge < -0.3 is 18.9 Å². The minimum atomic E-state index is -0.660. The van der Waals surface area contributed by atoms with E-state index in [9.17, 15) is 9.59 Å². The average molecular weight is 539 g/mol. The van der Waals surface area contributed by atoms with Crippen LogP contribution in [-0.2, 0) is 0 Å². The fourth-order valence-corrected chi connectivity index (χ4v) is 3.77. The minimum Gasteiger partial charge on any atom is -0.497 e. The Bertz CT molecular complexity index is 1030. The Morgan fingerprint density at radius 3 is 1.40 bits per heavy atom. The summed E-state index contributed by atoms with van der Waals surface area (Å²) in [6, 6.07) is 10.2. The van der Waals surface area contributed by atoms with Gasteiger partial charge in [0.05, 0.1) is 39.6 Å². The molecule has 0 radical (unpaired) electrons. The van der Waals surface area contributed by atoms with Crippen molar-refractivity contribution in [2.45, 2.75) is 0 Å². The zero-order valence-corrected chi connectivity index (χ0v) is 22.5.